The van der Waals surface area contributed by atoms with E-state index in [1.54, 1.807) is 6.07 Å². The Bertz CT molecular complexity index is 929. The van der Waals surface area contributed by atoms with Gasteiger partial charge in [-0.2, -0.15) is 0 Å². The summed E-state index contributed by atoms with van der Waals surface area (Å²) in [4.78, 5) is 15.9. The number of carbonyl (C=O) groups is 1. The van der Waals surface area contributed by atoms with Crippen molar-refractivity contribution >= 4 is 5.91 Å². The van der Waals surface area contributed by atoms with Crippen molar-refractivity contribution in [2.45, 2.75) is 50.7 Å². The van der Waals surface area contributed by atoms with Gasteiger partial charge in [-0.25, -0.2) is 0 Å². The van der Waals surface area contributed by atoms with Crippen molar-refractivity contribution in [2.24, 2.45) is 5.92 Å². The van der Waals surface area contributed by atoms with Gasteiger partial charge in [-0.15, -0.1) is 0 Å². The van der Waals surface area contributed by atoms with Crippen molar-refractivity contribution in [2.75, 3.05) is 19.6 Å². The maximum Gasteiger partial charge on any atom is 0.252 e. The summed E-state index contributed by atoms with van der Waals surface area (Å²) in [5.74, 6) is 0.798. The Morgan fingerprint density at radius 1 is 1.27 bits per heavy atom. The number of nitrogens with one attached hydrogen (secondary N) is 2. The van der Waals surface area contributed by atoms with Gasteiger partial charge in [-0.05, 0) is 73.9 Å². The van der Waals surface area contributed by atoms with Gasteiger partial charge in [-0.1, -0.05) is 30.3 Å². The summed E-state index contributed by atoms with van der Waals surface area (Å²) in [5, 5.41) is 17.2. The summed E-state index contributed by atoms with van der Waals surface area (Å²) < 4.78 is 0. The lowest BCUT2D eigenvalue weighted by Crippen LogP contribution is -2.55. The molecule has 0 unspecified atom stereocenters. The zero-order valence-electron chi connectivity index (χ0n) is 17.6. The van der Waals surface area contributed by atoms with Crippen LogP contribution in [0.4, 0.5) is 0 Å². The Balaban J connectivity index is 1.45. The second kappa shape index (κ2) is 8.05. The average Bonchev–Trinajstić information content (AvgIpc) is 2.77. The molecule has 3 heterocycles. The lowest BCUT2D eigenvalue weighted by atomic mass is 9.76. The molecule has 0 radical (unpaired) electrons. The number of amides is 1. The SMILES string of the molecule is C[C@@H](NC(=O)c1cc(O)cc2c1[C@H]1C[C@@H]3NCCC[C@@H]3CN1CC2)c1ccccc1. The van der Waals surface area contributed by atoms with Crippen LogP contribution in [-0.2, 0) is 6.42 Å². The third-order valence-electron chi connectivity index (χ3n) is 7.26. The summed E-state index contributed by atoms with van der Waals surface area (Å²) >= 11 is 0. The summed E-state index contributed by atoms with van der Waals surface area (Å²) in [7, 11) is 0. The molecule has 0 aliphatic carbocycles. The fourth-order valence-electron chi connectivity index (χ4n) is 5.73. The van der Waals surface area contributed by atoms with E-state index in [1.165, 1.54) is 12.8 Å². The van der Waals surface area contributed by atoms with Gasteiger partial charge >= 0.3 is 0 Å². The number of nitrogens with zero attached hydrogens (tertiary/aromatic N) is 1. The van der Waals surface area contributed by atoms with Crippen LogP contribution in [0.1, 0.15) is 65.3 Å². The number of benzene rings is 2. The van der Waals surface area contributed by atoms with Crippen molar-refractivity contribution in [1.29, 1.82) is 0 Å². The topological polar surface area (TPSA) is 64.6 Å². The minimum atomic E-state index is -0.0981. The molecule has 3 aliphatic rings. The van der Waals surface area contributed by atoms with Gasteiger partial charge in [0.2, 0.25) is 0 Å². The number of fused-ring (bicyclic) bond motifs is 4. The standard InChI is InChI=1S/C25H31N3O2/c1-16(17-6-3-2-4-7-17)27-25(30)21-13-20(29)12-18-9-11-28-15-19-8-5-10-26-22(19)14-23(28)24(18)21/h2-4,6-7,12-13,16,19,22-23,26,29H,5,8-11,14-15H2,1H3,(H,27,30)/t16-,19-,22+,23-/m1/s1. The first-order valence-corrected chi connectivity index (χ1v) is 11.3. The fourth-order valence-corrected chi connectivity index (χ4v) is 5.73. The minimum Gasteiger partial charge on any atom is -0.508 e. The Hall–Kier alpha value is -2.37. The van der Waals surface area contributed by atoms with E-state index in [0.29, 0.717) is 17.5 Å². The van der Waals surface area contributed by atoms with E-state index in [4.69, 9.17) is 0 Å². The third kappa shape index (κ3) is 3.61. The highest BCUT2D eigenvalue weighted by Gasteiger charge is 2.41. The van der Waals surface area contributed by atoms with Crippen LogP contribution < -0.4 is 10.6 Å². The summed E-state index contributed by atoms with van der Waals surface area (Å²) in [6, 6.07) is 14.2. The minimum absolute atomic E-state index is 0.0906. The van der Waals surface area contributed by atoms with Crippen LogP contribution >= 0.6 is 0 Å². The first kappa shape index (κ1) is 19.6. The van der Waals surface area contributed by atoms with E-state index in [0.717, 1.165) is 49.2 Å². The number of hydrogen-bond donors (Lipinski definition) is 3. The predicted octanol–water partition coefficient (Wildman–Crippen LogP) is 3.55. The first-order valence-electron chi connectivity index (χ1n) is 11.3. The van der Waals surface area contributed by atoms with E-state index in [-0.39, 0.29) is 23.7 Å². The molecule has 1 amide bonds. The molecule has 3 aliphatic heterocycles. The lowest BCUT2D eigenvalue weighted by molar-refractivity contribution is 0.0542. The van der Waals surface area contributed by atoms with Gasteiger partial charge < -0.3 is 15.7 Å². The molecular weight excluding hydrogens is 374 g/mol. The van der Waals surface area contributed by atoms with Crippen LogP contribution in [-0.4, -0.2) is 41.6 Å². The van der Waals surface area contributed by atoms with Crippen LogP contribution in [0.5, 0.6) is 5.75 Å². The molecule has 4 atom stereocenters. The zero-order chi connectivity index (χ0) is 20.7. The maximum absolute atomic E-state index is 13.4. The molecule has 5 nitrogen and oxygen atoms in total. The van der Waals surface area contributed by atoms with Crippen molar-refractivity contribution in [1.82, 2.24) is 15.5 Å². The smallest absolute Gasteiger partial charge is 0.252 e. The summed E-state index contributed by atoms with van der Waals surface area (Å²) in [6.45, 7) is 5.21. The molecule has 2 aromatic rings. The van der Waals surface area contributed by atoms with E-state index >= 15 is 0 Å². The molecule has 2 saturated heterocycles. The Labute approximate surface area is 178 Å². The maximum atomic E-state index is 13.4. The molecule has 5 heteroatoms. The van der Waals surface area contributed by atoms with E-state index in [2.05, 4.69) is 15.5 Å². The number of phenols is 1. The molecule has 0 aromatic heterocycles. The second-order valence-corrected chi connectivity index (χ2v) is 9.13. The van der Waals surface area contributed by atoms with Crippen LogP contribution in [0.3, 0.4) is 0 Å². The number of hydrogen-bond acceptors (Lipinski definition) is 4. The second-order valence-electron chi connectivity index (χ2n) is 9.13. The molecule has 3 N–H and O–H groups in total. The first-order chi connectivity index (χ1) is 14.6. The number of phenolic OH excluding ortho intramolecular Hbond substituents is 1. The van der Waals surface area contributed by atoms with Crippen LogP contribution in [0.2, 0.25) is 0 Å². The highest BCUT2D eigenvalue weighted by atomic mass is 16.3. The number of carbonyl (C=O) groups excluding carboxylic acids is 1. The van der Waals surface area contributed by atoms with Crippen LogP contribution in [0.15, 0.2) is 42.5 Å². The molecule has 30 heavy (non-hydrogen) atoms. The fraction of sp³-hybridized carbons (Fsp3) is 0.480. The van der Waals surface area contributed by atoms with Crippen molar-refractivity contribution in [3.63, 3.8) is 0 Å². The molecule has 158 valence electrons. The largest absolute Gasteiger partial charge is 0.508 e. The molecular formula is C25H31N3O2. The Kier molecular flexibility index (Phi) is 5.25. The highest BCUT2D eigenvalue weighted by molar-refractivity contribution is 5.97. The van der Waals surface area contributed by atoms with E-state index in [9.17, 15) is 9.90 Å². The summed E-state index contributed by atoms with van der Waals surface area (Å²) in [5.41, 5.74) is 3.97. The Morgan fingerprint density at radius 3 is 2.93 bits per heavy atom. The predicted molar refractivity (Wildman–Crippen MR) is 118 cm³/mol. The molecule has 0 saturated carbocycles. The number of rotatable bonds is 3. The van der Waals surface area contributed by atoms with Gasteiger partial charge in [0.25, 0.3) is 5.91 Å². The van der Waals surface area contributed by atoms with E-state index in [1.807, 2.05) is 43.3 Å². The van der Waals surface area contributed by atoms with Gasteiger partial charge in [0, 0.05) is 30.7 Å². The molecule has 0 spiro atoms. The third-order valence-corrected chi connectivity index (χ3v) is 7.26. The van der Waals surface area contributed by atoms with E-state index < -0.39 is 0 Å². The number of aromatic hydroxyl groups is 1. The Morgan fingerprint density at radius 2 is 2.10 bits per heavy atom. The quantitative estimate of drug-likeness (QED) is 0.731. The zero-order valence-corrected chi connectivity index (χ0v) is 17.6. The van der Waals surface area contributed by atoms with Gasteiger partial charge in [-0.3, -0.25) is 9.69 Å². The summed E-state index contributed by atoms with van der Waals surface area (Å²) in [6.07, 6.45) is 4.48. The molecule has 0 bridgehead atoms. The lowest BCUT2D eigenvalue weighted by Gasteiger charge is -2.49. The van der Waals surface area contributed by atoms with Gasteiger partial charge in [0.1, 0.15) is 5.75 Å². The highest BCUT2D eigenvalue weighted by Crippen LogP contribution is 2.43. The monoisotopic (exact) mass is 405 g/mol. The molecule has 5 rings (SSSR count). The van der Waals surface area contributed by atoms with Gasteiger partial charge in [0.05, 0.1) is 6.04 Å². The van der Waals surface area contributed by atoms with Crippen LogP contribution in [0.25, 0.3) is 0 Å². The number of piperidine rings is 2. The van der Waals surface area contributed by atoms with Crippen molar-refractivity contribution in [3.8, 4) is 5.75 Å². The molecule has 2 fully saturated rings. The van der Waals surface area contributed by atoms with Crippen molar-refractivity contribution in [3.05, 3.63) is 64.7 Å². The average molecular weight is 406 g/mol. The van der Waals surface area contributed by atoms with Crippen LogP contribution in [0, 0.1) is 5.92 Å². The normalized spacial score (nSPS) is 26.8. The van der Waals surface area contributed by atoms with Crippen molar-refractivity contribution < 1.29 is 9.90 Å². The van der Waals surface area contributed by atoms with Gasteiger partial charge in [0.15, 0.2) is 0 Å². The molecule has 2 aromatic carbocycles.